The number of rotatable bonds is 4. The van der Waals surface area contributed by atoms with Crippen molar-refractivity contribution in [2.24, 2.45) is 0 Å². The average molecular weight is 202 g/mol. The van der Waals surface area contributed by atoms with E-state index in [1.807, 2.05) is 13.8 Å². The summed E-state index contributed by atoms with van der Waals surface area (Å²) in [4.78, 5) is 25.5. The standard InChI is InChI=1S/C9H18N2O3/c1-5-11(6-2)9(13)10(3)7-8(12)14-4/h5-7H2,1-4H3. The van der Waals surface area contributed by atoms with Crippen molar-refractivity contribution in [2.45, 2.75) is 13.8 Å². The molecular weight excluding hydrogens is 184 g/mol. The molecule has 82 valence electrons. The Morgan fingerprint density at radius 1 is 1.21 bits per heavy atom. The van der Waals surface area contributed by atoms with E-state index in [0.717, 1.165) is 0 Å². The second-order valence-electron chi connectivity index (χ2n) is 2.89. The fraction of sp³-hybridized carbons (Fsp3) is 0.778. The van der Waals surface area contributed by atoms with Gasteiger partial charge in [-0.15, -0.1) is 0 Å². The van der Waals surface area contributed by atoms with Crippen LogP contribution in [-0.2, 0) is 9.53 Å². The second kappa shape index (κ2) is 6.23. The normalized spacial score (nSPS) is 9.43. The maximum Gasteiger partial charge on any atom is 0.325 e. The number of carbonyl (C=O) groups is 2. The molecule has 0 aliphatic heterocycles. The van der Waals surface area contributed by atoms with Crippen LogP contribution in [0.1, 0.15) is 13.8 Å². The number of hydrogen-bond acceptors (Lipinski definition) is 3. The van der Waals surface area contributed by atoms with Crippen molar-refractivity contribution in [3.05, 3.63) is 0 Å². The average Bonchev–Trinajstić information content (AvgIpc) is 2.19. The first kappa shape index (κ1) is 12.7. The molecular formula is C9H18N2O3. The van der Waals surface area contributed by atoms with Crippen LogP contribution >= 0.6 is 0 Å². The van der Waals surface area contributed by atoms with Crippen molar-refractivity contribution in [1.29, 1.82) is 0 Å². The highest BCUT2D eigenvalue weighted by molar-refractivity contribution is 5.80. The maximum atomic E-state index is 11.6. The Bertz CT molecular complexity index is 202. The lowest BCUT2D eigenvalue weighted by molar-refractivity contribution is -0.141. The summed E-state index contributed by atoms with van der Waals surface area (Å²) in [6.07, 6.45) is 0. The van der Waals surface area contributed by atoms with E-state index >= 15 is 0 Å². The number of hydrogen-bond donors (Lipinski definition) is 0. The zero-order chi connectivity index (χ0) is 11.1. The Kier molecular flexibility index (Phi) is 5.67. The van der Waals surface area contributed by atoms with Crippen LogP contribution < -0.4 is 0 Å². The van der Waals surface area contributed by atoms with Crippen LogP contribution in [0.4, 0.5) is 4.79 Å². The topological polar surface area (TPSA) is 49.9 Å². The predicted molar refractivity (Wildman–Crippen MR) is 53.0 cm³/mol. The van der Waals surface area contributed by atoms with Crippen LogP contribution in [0.2, 0.25) is 0 Å². The summed E-state index contributed by atoms with van der Waals surface area (Å²) >= 11 is 0. The van der Waals surface area contributed by atoms with Gasteiger partial charge >= 0.3 is 12.0 Å². The van der Waals surface area contributed by atoms with E-state index in [0.29, 0.717) is 13.1 Å². The molecule has 0 radical (unpaired) electrons. The SMILES string of the molecule is CCN(CC)C(=O)N(C)CC(=O)OC. The first-order chi connectivity index (χ1) is 6.56. The molecule has 0 heterocycles. The molecule has 0 fully saturated rings. The molecule has 0 spiro atoms. The fourth-order valence-corrected chi connectivity index (χ4v) is 1.06. The molecule has 14 heavy (non-hydrogen) atoms. The van der Waals surface area contributed by atoms with Crippen LogP contribution in [0.25, 0.3) is 0 Å². The van der Waals surface area contributed by atoms with Gasteiger partial charge in [-0.05, 0) is 13.8 Å². The van der Waals surface area contributed by atoms with E-state index in [-0.39, 0.29) is 12.6 Å². The molecule has 0 rings (SSSR count). The van der Waals surface area contributed by atoms with E-state index in [1.165, 1.54) is 12.0 Å². The summed E-state index contributed by atoms with van der Waals surface area (Å²) in [7, 11) is 2.88. The van der Waals surface area contributed by atoms with E-state index in [1.54, 1.807) is 11.9 Å². The molecule has 0 atom stereocenters. The first-order valence-electron chi connectivity index (χ1n) is 4.63. The number of carbonyl (C=O) groups excluding carboxylic acids is 2. The third kappa shape index (κ3) is 3.64. The lowest BCUT2D eigenvalue weighted by atomic mass is 10.5. The Hall–Kier alpha value is -1.26. The molecule has 0 N–H and O–H groups in total. The van der Waals surface area contributed by atoms with Crippen molar-refractivity contribution in [3.8, 4) is 0 Å². The van der Waals surface area contributed by atoms with Gasteiger partial charge in [-0.3, -0.25) is 4.79 Å². The van der Waals surface area contributed by atoms with E-state index in [9.17, 15) is 9.59 Å². The highest BCUT2D eigenvalue weighted by Crippen LogP contribution is 1.96. The minimum absolute atomic E-state index is 0.00810. The Morgan fingerprint density at radius 2 is 1.71 bits per heavy atom. The Balaban J connectivity index is 4.16. The highest BCUT2D eigenvalue weighted by Gasteiger charge is 2.17. The van der Waals surface area contributed by atoms with Gasteiger partial charge in [-0.25, -0.2) is 4.79 Å². The third-order valence-electron chi connectivity index (χ3n) is 1.95. The van der Waals surface area contributed by atoms with Gasteiger partial charge in [-0.2, -0.15) is 0 Å². The molecule has 5 nitrogen and oxygen atoms in total. The molecule has 0 unspecified atom stereocenters. The zero-order valence-corrected chi connectivity index (χ0v) is 9.24. The van der Waals surface area contributed by atoms with Crippen LogP contribution in [-0.4, -0.2) is 55.6 Å². The zero-order valence-electron chi connectivity index (χ0n) is 9.24. The summed E-state index contributed by atoms with van der Waals surface area (Å²) in [6, 6.07) is -0.152. The lowest BCUT2D eigenvalue weighted by Crippen LogP contribution is -2.43. The van der Waals surface area contributed by atoms with Crippen LogP contribution in [0.5, 0.6) is 0 Å². The number of likely N-dealkylation sites (N-methyl/N-ethyl adjacent to an activating group) is 1. The molecule has 0 aliphatic rings. The minimum atomic E-state index is -0.409. The fourth-order valence-electron chi connectivity index (χ4n) is 1.06. The molecule has 0 saturated heterocycles. The van der Waals surface area contributed by atoms with Gasteiger partial charge in [0, 0.05) is 20.1 Å². The highest BCUT2D eigenvalue weighted by atomic mass is 16.5. The number of methoxy groups -OCH3 is 1. The molecule has 0 saturated carbocycles. The van der Waals surface area contributed by atoms with Gasteiger partial charge in [0.05, 0.1) is 7.11 Å². The van der Waals surface area contributed by atoms with Crippen LogP contribution in [0.3, 0.4) is 0 Å². The van der Waals surface area contributed by atoms with Gasteiger partial charge in [0.2, 0.25) is 0 Å². The molecule has 2 amide bonds. The van der Waals surface area contributed by atoms with E-state index in [4.69, 9.17) is 0 Å². The lowest BCUT2D eigenvalue weighted by Gasteiger charge is -2.25. The minimum Gasteiger partial charge on any atom is -0.468 e. The summed E-state index contributed by atoms with van der Waals surface area (Å²) in [6.45, 7) is 5.06. The number of urea groups is 1. The maximum absolute atomic E-state index is 11.6. The van der Waals surface area contributed by atoms with Gasteiger partial charge in [0.25, 0.3) is 0 Å². The van der Waals surface area contributed by atoms with Gasteiger partial charge in [0.15, 0.2) is 0 Å². The van der Waals surface area contributed by atoms with Crippen LogP contribution in [0.15, 0.2) is 0 Å². The second-order valence-corrected chi connectivity index (χ2v) is 2.89. The van der Waals surface area contributed by atoms with Gasteiger partial charge in [-0.1, -0.05) is 0 Å². The van der Waals surface area contributed by atoms with Crippen molar-refractivity contribution < 1.29 is 14.3 Å². The quantitative estimate of drug-likeness (QED) is 0.626. The van der Waals surface area contributed by atoms with Crippen molar-refractivity contribution in [3.63, 3.8) is 0 Å². The van der Waals surface area contributed by atoms with E-state index in [2.05, 4.69) is 4.74 Å². The Labute approximate surface area is 84.6 Å². The molecule has 0 aliphatic carbocycles. The molecule has 0 aromatic rings. The van der Waals surface area contributed by atoms with Gasteiger partial charge in [0.1, 0.15) is 6.54 Å². The first-order valence-corrected chi connectivity index (χ1v) is 4.63. The number of ether oxygens (including phenoxy) is 1. The van der Waals surface area contributed by atoms with Gasteiger partial charge < -0.3 is 14.5 Å². The number of esters is 1. The molecule has 0 bridgehead atoms. The largest absolute Gasteiger partial charge is 0.468 e. The molecule has 0 aromatic heterocycles. The summed E-state index contributed by atoms with van der Waals surface area (Å²) < 4.78 is 4.47. The van der Waals surface area contributed by atoms with Crippen LogP contribution in [0, 0.1) is 0 Å². The summed E-state index contributed by atoms with van der Waals surface area (Å²) in [5, 5.41) is 0. The summed E-state index contributed by atoms with van der Waals surface area (Å²) in [5.41, 5.74) is 0. The third-order valence-corrected chi connectivity index (χ3v) is 1.95. The number of nitrogens with zero attached hydrogens (tertiary/aromatic N) is 2. The van der Waals surface area contributed by atoms with Crippen molar-refractivity contribution >= 4 is 12.0 Å². The van der Waals surface area contributed by atoms with Crippen molar-refractivity contribution in [1.82, 2.24) is 9.80 Å². The summed E-state index contributed by atoms with van der Waals surface area (Å²) in [5.74, 6) is -0.409. The monoisotopic (exact) mass is 202 g/mol. The Morgan fingerprint density at radius 3 is 2.07 bits per heavy atom. The number of amides is 2. The smallest absolute Gasteiger partial charge is 0.325 e. The van der Waals surface area contributed by atoms with Crippen molar-refractivity contribution in [2.75, 3.05) is 33.8 Å². The van der Waals surface area contributed by atoms with E-state index < -0.39 is 5.97 Å². The predicted octanol–water partition coefficient (Wildman–Crippen LogP) is 0.553. The molecule has 5 heteroatoms. The molecule has 0 aromatic carbocycles.